The maximum Gasteiger partial charge on any atom is 0.211 e. The lowest BCUT2D eigenvalue weighted by Crippen LogP contribution is -2.18. The summed E-state index contributed by atoms with van der Waals surface area (Å²) in [4.78, 5) is 12.7. The molecule has 0 spiro atoms. The summed E-state index contributed by atoms with van der Waals surface area (Å²) in [6.45, 7) is 4.37. The summed E-state index contributed by atoms with van der Waals surface area (Å²) < 4.78 is 0. The van der Waals surface area contributed by atoms with E-state index in [4.69, 9.17) is 0 Å². The average Bonchev–Trinajstić information content (AvgIpc) is 2.74. The summed E-state index contributed by atoms with van der Waals surface area (Å²) in [5.74, 6) is 0. The Morgan fingerprint density at radius 1 is 1.33 bits per heavy atom. The zero-order valence-corrected chi connectivity index (χ0v) is 8.99. The van der Waals surface area contributed by atoms with Crippen LogP contribution in [0.3, 0.4) is 0 Å². The number of nitrogens with one attached hydrogen (secondary N) is 1. The molecule has 0 aliphatic carbocycles. The third kappa shape index (κ3) is 2.12. The number of aryl methyl sites for hydroxylation is 1. The molecule has 1 aromatic rings. The first kappa shape index (κ1) is 10.0. The molecule has 0 atom stereocenters. The number of nitrogens with zero attached hydrogens (tertiary/aromatic N) is 1. The van der Waals surface area contributed by atoms with Gasteiger partial charge in [0.1, 0.15) is 0 Å². The highest BCUT2D eigenvalue weighted by atomic mass is 16.1. The molecule has 1 heterocycles. The van der Waals surface area contributed by atoms with Crippen molar-refractivity contribution in [2.24, 2.45) is 0 Å². The number of carbonyl (C=O) groups excluding carboxylic acids is 1. The van der Waals surface area contributed by atoms with Crippen molar-refractivity contribution < 1.29 is 4.79 Å². The maximum atomic E-state index is 10.4. The SMILES string of the molecule is Cc1ccc(NC=O)cc1N1CCCC1. The van der Waals surface area contributed by atoms with E-state index in [1.807, 2.05) is 6.07 Å². The molecular formula is C12H16N2O. The molecule has 3 nitrogen and oxygen atoms in total. The highest BCUT2D eigenvalue weighted by molar-refractivity contribution is 5.74. The molecule has 15 heavy (non-hydrogen) atoms. The lowest BCUT2D eigenvalue weighted by Gasteiger charge is -2.20. The molecule has 1 aliphatic heterocycles. The van der Waals surface area contributed by atoms with Gasteiger partial charge in [-0.25, -0.2) is 0 Å². The first-order valence-corrected chi connectivity index (χ1v) is 5.37. The minimum atomic E-state index is 0.721. The van der Waals surface area contributed by atoms with Crippen LogP contribution >= 0.6 is 0 Å². The summed E-state index contributed by atoms with van der Waals surface area (Å²) in [5, 5.41) is 2.69. The summed E-state index contributed by atoms with van der Waals surface area (Å²) in [6, 6.07) is 6.04. The van der Waals surface area contributed by atoms with Gasteiger partial charge in [-0.1, -0.05) is 6.07 Å². The highest BCUT2D eigenvalue weighted by Crippen LogP contribution is 2.27. The van der Waals surface area contributed by atoms with Crippen molar-refractivity contribution in [2.45, 2.75) is 19.8 Å². The standard InChI is InChI=1S/C12H16N2O/c1-10-4-5-11(13-9-15)8-12(10)14-6-2-3-7-14/h4-5,8-9H,2-3,6-7H2,1H3,(H,13,15). The smallest absolute Gasteiger partial charge is 0.211 e. The van der Waals surface area contributed by atoms with Gasteiger partial charge < -0.3 is 10.2 Å². The van der Waals surface area contributed by atoms with Crippen LogP contribution in [0.15, 0.2) is 18.2 Å². The molecule has 2 rings (SSSR count). The summed E-state index contributed by atoms with van der Waals surface area (Å²) in [7, 11) is 0. The number of rotatable bonds is 3. The number of amides is 1. The number of hydrogen-bond acceptors (Lipinski definition) is 2. The average molecular weight is 204 g/mol. The fourth-order valence-corrected chi connectivity index (χ4v) is 2.07. The molecule has 1 fully saturated rings. The molecule has 0 aromatic heterocycles. The minimum absolute atomic E-state index is 0.721. The van der Waals surface area contributed by atoms with Crippen molar-refractivity contribution in [3.8, 4) is 0 Å². The van der Waals surface area contributed by atoms with Gasteiger partial charge in [0, 0.05) is 24.5 Å². The molecule has 1 N–H and O–H groups in total. The van der Waals surface area contributed by atoms with Crippen molar-refractivity contribution in [3.05, 3.63) is 23.8 Å². The third-order valence-corrected chi connectivity index (χ3v) is 2.88. The Kier molecular flexibility index (Phi) is 2.90. The van der Waals surface area contributed by atoms with Gasteiger partial charge in [-0.3, -0.25) is 4.79 Å². The monoisotopic (exact) mass is 204 g/mol. The number of anilines is 2. The molecule has 0 bridgehead atoms. The van der Waals surface area contributed by atoms with E-state index in [2.05, 4.69) is 29.3 Å². The van der Waals surface area contributed by atoms with E-state index >= 15 is 0 Å². The second-order valence-corrected chi connectivity index (χ2v) is 3.96. The van der Waals surface area contributed by atoms with Gasteiger partial charge in [0.15, 0.2) is 0 Å². The van der Waals surface area contributed by atoms with Gasteiger partial charge in [-0.05, 0) is 37.5 Å². The molecule has 1 aliphatic rings. The fraction of sp³-hybridized carbons (Fsp3) is 0.417. The van der Waals surface area contributed by atoms with Crippen molar-refractivity contribution >= 4 is 17.8 Å². The third-order valence-electron chi connectivity index (χ3n) is 2.88. The largest absolute Gasteiger partial charge is 0.371 e. The Balaban J connectivity index is 2.27. The predicted octanol–water partition coefficient (Wildman–Crippen LogP) is 2.16. The Labute approximate surface area is 90.1 Å². The van der Waals surface area contributed by atoms with Crippen LogP contribution in [-0.2, 0) is 4.79 Å². The Morgan fingerprint density at radius 3 is 2.73 bits per heavy atom. The topological polar surface area (TPSA) is 32.3 Å². The van der Waals surface area contributed by atoms with Gasteiger partial charge in [-0.2, -0.15) is 0 Å². The van der Waals surface area contributed by atoms with E-state index < -0.39 is 0 Å². The van der Waals surface area contributed by atoms with Gasteiger partial charge >= 0.3 is 0 Å². The number of hydrogen-bond donors (Lipinski definition) is 1. The molecule has 1 saturated heterocycles. The number of benzene rings is 1. The first-order valence-electron chi connectivity index (χ1n) is 5.37. The molecule has 0 unspecified atom stereocenters. The van der Waals surface area contributed by atoms with E-state index in [9.17, 15) is 4.79 Å². The van der Waals surface area contributed by atoms with E-state index in [0.717, 1.165) is 25.2 Å². The van der Waals surface area contributed by atoms with Crippen molar-refractivity contribution in [1.29, 1.82) is 0 Å². The maximum absolute atomic E-state index is 10.4. The molecule has 1 aromatic carbocycles. The van der Waals surface area contributed by atoms with E-state index in [1.54, 1.807) is 0 Å². The zero-order valence-electron chi connectivity index (χ0n) is 8.99. The molecule has 3 heteroatoms. The minimum Gasteiger partial charge on any atom is -0.371 e. The van der Waals surface area contributed by atoms with Gasteiger partial charge in [-0.15, -0.1) is 0 Å². The van der Waals surface area contributed by atoms with Crippen molar-refractivity contribution in [3.63, 3.8) is 0 Å². The van der Waals surface area contributed by atoms with E-state index in [-0.39, 0.29) is 0 Å². The summed E-state index contributed by atoms with van der Waals surface area (Å²) in [6.07, 6.45) is 3.26. The molecule has 0 radical (unpaired) electrons. The molecule has 80 valence electrons. The van der Waals surface area contributed by atoms with Gasteiger partial charge in [0.2, 0.25) is 6.41 Å². The Bertz CT molecular complexity index is 357. The van der Waals surface area contributed by atoms with Crippen LogP contribution in [-0.4, -0.2) is 19.5 Å². The first-order chi connectivity index (χ1) is 7.31. The van der Waals surface area contributed by atoms with Gasteiger partial charge in [0.05, 0.1) is 0 Å². The van der Waals surface area contributed by atoms with Crippen LogP contribution in [0.4, 0.5) is 11.4 Å². The van der Waals surface area contributed by atoms with Crippen LogP contribution in [0, 0.1) is 6.92 Å². The normalized spacial score (nSPS) is 15.4. The molecular weight excluding hydrogens is 188 g/mol. The van der Waals surface area contributed by atoms with Crippen LogP contribution in [0.5, 0.6) is 0 Å². The Hall–Kier alpha value is -1.51. The lowest BCUT2D eigenvalue weighted by molar-refractivity contribution is -0.105. The zero-order chi connectivity index (χ0) is 10.7. The fourth-order valence-electron chi connectivity index (χ4n) is 2.07. The van der Waals surface area contributed by atoms with Crippen molar-refractivity contribution in [1.82, 2.24) is 0 Å². The molecule has 1 amide bonds. The molecule has 0 saturated carbocycles. The van der Waals surface area contributed by atoms with Crippen LogP contribution < -0.4 is 10.2 Å². The van der Waals surface area contributed by atoms with Crippen LogP contribution in [0.2, 0.25) is 0 Å². The van der Waals surface area contributed by atoms with Crippen molar-refractivity contribution in [2.75, 3.05) is 23.3 Å². The Morgan fingerprint density at radius 2 is 2.07 bits per heavy atom. The number of carbonyl (C=O) groups is 1. The highest BCUT2D eigenvalue weighted by Gasteiger charge is 2.14. The van der Waals surface area contributed by atoms with Gasteiger partial charge in [0.25, 0.3) is 0 Å². The lowest BCUT2D eigenvalue weighted by atomic mass is 10.1. The van der Waals surface area contributed by atoms with E-state index in [1.165, 1.54) is 24.1 Å². The predicted molar refractivity (Wildman–Crippen MR) is 62.3 cm³/mol. The van der Waals surface area contributed by atoms with Crippen LogP contribution in [0.25, 0.3) is 0 Å². The van der Waals surface area contributed by atoms with E-state index in [0.29, 0.717) is 0 Å². The quantitative estimate of drug-likeness (QED) is 0.765. The van der Waals surface area contributed by atoms with Crippen LogP contribution in [0.1, 0.15) is 18.4 Å². The summed E-state index contributed by atoms with van der Waals surface area (Å²) >= 11 is 0. The second-order valence-electron chi connectivity index (χ2n) is 3.96. The summed E-state index contributed by atoms with van der Waals surface area (Å²) in [5.41, 5.74) is 3.39. The second kappa shape index (κ2) is 4.34.